The first-order chi connectivity index (χ1) is 9.86. The molecule has 1 aromatic rings. The number of nitrogens with zero attached hydrogens (tertiary/aromatic N) is 2. The Labute approximate surface area is 123 Å². The summed E-state index contributed by atoms with van der Waals surface area (Å²) in [6.45, 7) is 0.286. The molecule has 2 rings (SSSR count). The Morgan fingerprint density at radius 3 is 2.76 bits per heavy atom. The molecule has 4 nitrogen and oxygen atoms in total. The molecule has 21 heavy (non-hydrogen) atoms. The zero-order valence-electron chi connectivity index (χ0n) is 10.6. The van der Waals surface area contributed by atoms with Crippen LogP contribution in [0.1, 0.15) is 5.56 Å². The monoisotopic (exact) mass is 317 g/mol. The summed E-state index contributed by atoms with van der Waals surface area (Å²) in [5.41, 5.74) is 0.755. The van der Waals surface area contributed by atoms with Crippen LogP contribution in [0.15, 0.2) is 42.8 Å². The van der Waals surface area contributed by atoms with Crippen molar-refractivity contribution in [2.24, 2.45) is 0 Å². The number of hydrogen-bond donors (Lipinski definition) is 1. The van der Waals surface area contributed by atoms with Crippen LogP contribution in [0.5, 0.6) is 0 Å². The van der Waals surface area contributed by atoms with E-state index < -0.39 is 18.2 Å². The highest BCUT2D eigenvalue weighted by Crippen LogP contribution is 2.17. The van der Waals surface area contributed by atoms with Crippen molar-refractivity contribution in [3.05, 3.63) is 53.5 Å². The molecular formula is C13H11ClF3N3O. The van der Waals surface area contributed by atoms with Crippen LogP contribution < -0.4 is 5.32 Å². The zero-order valence-corrected chi connectivity index (χ0v) is 11.4. The van der Waals surface area contributed by atoms with Crippen molar-refractivity contribution in [2.45, 2.75) is 18.9 Å². The maximum atomic E-state index is 12.3. The highest BCUT2D eigenvalue weighted by Gasteiger charge is 2.40. The molecule has 112 valence electrons. The van der Waals surface area contributed by atoms with Crippen LogP contribution in [0.2, 0.25) is 5.15 Å². The number of pyridine rings is 1. The van der Waals surface area contributed by atoms with Crippen LogP contribution in [0.25, 0.3) is 0 Å². The standard InChI is InChI=1S/C13H11ClF3N3O/c14-10-5-4-9(7-18-10)8-20-6-2-1-3-11(20)19-12(21)13(15,16)17/h1-7,11H,8H2,(H,19,21). The maximum absolute atomic E-state index is 12.3. The third-order valence-corrected chi connectivity index (χ3v) is 2.95. The van der Waals surface area contributed by atoms with Crippen LogP contribution in [-0.4, -0.2) is 28.1 Å². The van der Waals surface area contributed by atoms with Crippen molar-refractivity contribution in [3.8, 4) is 0 Å². The number of carbonyl (C=O) groups is 1. The van der Waals surface area contributed by atoms with E-state index in [2.05, 4.69) is 4.98 Å². The van der Waals surface area contributed by atoms with Gasteiger partial charge in [0, 0.05) is 18.9 Å². The number of nitrogens with one attached hydrogen (secondary N) is 1. The minimum atomic E-state index is -4.91. The van der Waals surface area contributed by atoms with Crippen molar-refractivity contribution in [3.63, 3.8) is 0 Å². The lowest BCUT2D eigenvalue weighted by molar-refractivity contribution is -0.175. The summed E-state index contributed by atoms with van der Waals surface area (Å²) >= 11 is 5.67. The lowest BCUT2D eigenvalue weighted by Gasteiger charge is -2.31. The molecule has 8 heteroatoms. The molecular weight excluding hydrogens is 307 g/mol. The van der Waals surface area contributed by atoms with Crippen LogP contribution in [0.4, 0.5) is 13.2 Å². The first-order valence-corrected chi connectivity index (χ1v) is 6.33. The molecule has 1 unspecified atom stereocenters. The van der Waals surface area contributed by atoms with Crippen molar-refractivity contribution in [1.29, 1.82) is 0 Å². The van der Waals surface area contributed by atoms with Gasteiger partial charge in [-0.2, -0.15) is 13.2 Å². The molecule has 0 radical (unpaired) electrons. The molecule has 1 amide bonds. The number of aromatic nitrogens is 1. The van der Waals surface area contributed by atoms with Crippen LogP contribution in [0, 0.1) is 0 Å². The third kappa shape index (κ3) is 4.22. The second-order valence-corrected chi connectivity index (χ2v) is 4.69. The van der Waals surface area contributed by atoms with Gasteiger partial charge in [-0.1, -0.05) is 23.7 Å². The smallest absolute Gasteiger partial charge is 0.350 e. The third-order valence-electron chi connectivity index (χ3n) is 2.73. The van der Waals surface area contributed by atoms with Gasteiger partial charge in [-0.3, -0.25) is 4.79 Å². The summed E-state index contributed by atoms with van der Waals surface area (Å²) in [5, 5.41) is 2.25. The average Bonchev–Trinajstić information content (AvgIpc) is 2.42. The largest absolute Gasteiger partial charge is 0.471 e. The van der Waals surface area contributed by atoms with E-state index in [9.17, 15) is 18.0 Å². The Balaban J connectivity index is 2.06. The summed E-state index contributed by atoms with van der Waals surface area (Å²) in [7, 11) is 0. The Kier molecular flexibility index (Phi) is 4.52. The minimum Gasteiger partial charge on any atom is -0.350 e. The summed E-state index contributed by atoms with van der Waals surface area (Å²) in [6.07, 6.45) is 2.03. The number of halogens is 4. The summed E-state index contributed by atoms with van der Waals surface area (Å²) in [5.74, 6) is -1.98. The molecule has 1 N–H and O–H groups in total. The number of allylic oxidation sites excluding steroid dienone is 2. The van der Waals surface area contributed by atoms with Crippen LogP contribution in [0.3, 0.4) is 0 Å². The fourth-order valence-corrected chi connectivity index (χ4v) is 1.85. The number of amides is 1. The first-order valence-electron chi connectivity index (χ1n) is 5.95. The first kappa shape index (κ1) is 15.4. The van der Waals surface area contributed by atoms with E-state index in [0.717, 1.165) is 5.56 Å². The SMILES string of the molecule is O=C(NC1C=CC=CN1Cc1ccc(Cl)nc1)C(F)(F)F. The van der Waals surface area contributed by atoms with Gasteiger partial charge in [0.25, 0.3) is 0 Å². The minimum absolute atomic E-state index is 0.286. The Morgan fingerprint density at radius 1 is 1.38 bits per heavy atom. The number of carbonyl (C=O) groups excluding carboxylic acids is 1. The molecule has 1 aliphatic heterocycles. The van der Waals surface area contributed by atoms with Gasteiger partial charge in [0.2, 0.25) is 0 Å². The zero-order chi connectivity index (χ0) is 15.5. The van der Waals surface area contributed by atoms with E-state index in [1.54, 1.807) is 35.4 Å². The Bertz CT molecular complexity index is 569. The number of alkyl halides is 3. The van der Waals surface area contributed by atoms with Gasteiger partial charge in [0.15, 0.2) is 0 Å². The number of hydrogen-bond acceptors (Lipinski definition) is 3. The van der Waals surface area contributed by atoms with Crippen molar-refractivity contribution >= 4 is 17.5 Å². The highest BCUT2D eigenvalue weighted by molar-refractivity contribution is 6.29. The molecule has 1 aromatic heterocycles. The van der Waals surface area contributed by atoms with E-state index >= 15 is 0 Å². The highest BCUT2D eigenvalue weighted by atomic mass is 35.5. The fraction of sp³-hybridized carbons (Fsp3) is 0.231. The lowest BCUT2D eigenvalue weighted by atomic mass is 10.2. The summed E-state index contributed by atoms with van der Waals surface area (Å²) in [4.78, 5) is 16.5. The second-order valence-electron chi connectivity index (χ2n) is 4.30. The van der Waals surface area contributed by atoms with E-state index in [1.165, 1.54) is 12.3 Å². The normalized spacial score (nSPS) is 17.9. The lowest BCUT2D eigenvalue weighted by Crippen LogP contribution is -2.49. The Hall–Kier alpha value is -2.02. The van der Waals surface area contributed by atoms with E-state index in [4.69, 9.17) is 11.6 Å². The molecule has 0 saturated heterocycles. The van der Waals surface area contributed by atoms with Crippen molar-refractivity contribution < 1.29 is 18.0 Å². The predicted molar refractivity (Wildman–Crippen MR) is 71.1 cm³/mol. The van der Waals surface area contributed by atoms with Gasteiger partial charge in [0.1, 0.15) is 11.3 Å². The van der Waals surface area contributed by atoms with E-state index in [-0.39, 0.29) is 6.54 Å². The summed E-state index contributed by atoms with van der Waals surface area (Å²) in [6, 6.07) is 3.30. The van der Waals surface area contributed by atoms with Gasteiger partial charge >= 0.3 is 12.1 Å². The fourth-order valence-electron chi connectivity index (χ4n) is 1.74. The van der Waals surface area contributed by atoms with Gasteiger partial charge in [-0.15, -0.1) is 0 Å². The molecule has 1 atom stereocenters. The maximum Gasteiger partial charge on any atom is 0.471 e. The molecule has 0 saturated carbocycles. The van der Waals surface area contributed by atoms with Gasteiger partial charge in [-0.25, -0.2) is 4.98 Å². The molecule has 0 spiro atoms. The second kappa shape index (κ2) is 6.17. The predicted octanol–water partition coefficient (Wildman–Crippen LogP) is 2.63. The molecule has 0 bridgehead atoms. The molecule has 0 aliphatic carbocycles. The van der Waals surface area contributed by atoms with Crippen LogP contribution in [-0.2, 0) is 11.3 Å². The molecule has 0 aromatic carbocycles. The van der Waals surface area contributed by atoms with E-state index in [1.807, 2.05) is 5.32 Å². The topological polar surface area (TPSA) is 45.2 Å². The summed E-state index contributed by atoms with van der Waals surface area (Å²) < 4.78 is 36.9. The van der Waals surface area contributed by atoms with Gasteiger partial charge in [-0.05, 0) is 23.8 Å². The molecule has 1 aliphatic rings. The van der Waals surface area contributed by atoms with Gasteiger partial charge < -0.3 is 10.2 Å². The van der Waals surface area contributed by atoms with Crippen molar-refractivity contribution in [2.75, 3.05) is 0 Å². The average molecular weight is 318 g/mol. The Morgan fingerprint density at radius 2 is 2.14 bits per heavy atom. The van der Waals surface area contributed by atoms with Crippen LogP contribution >= 0.6 is 11.6 Å². The molecule has 2 heterocycles. The van der Waals surface area contributed by atoms with E-state index in [0.29, 0.717) is 5.15 Å². The quantitative estimate of drug-likeness (QED) is 0.872. The van der Waals surface area contributed by atoms with Gasteiger partial charge in [0.05, 0.1) is 0 Å². The van der Waals surface area contributed by atoms with Crippen molar-refractivity contribution in [1.82, 2.24) is 15.2 Å². The molecule has 0 fully saturated rings. The number of rotatable bonds is 3.